The molecule has 3 rings (SSSR count). The molecule has 0 bridgehead atoms. The highest BCUT2D eigenvalue weighted by molar-refractivity contribution is 7.80. The molecule has 7 heteroatoms. The Balaban J connectivity index is 1.41. The summed E-state index contributed by atoms with van der Waals surface area (Å²) >= 11 is 11.7. The molecule has 1 aliphatic heterocycles. The molecule has 0 spiro atoms. The summed E-state index contributed by atoms with van der Waals surface area (Å²) in [5.74, 6) is 0.653. The van der Waals surface area contributed by atoms with Gasteiger partial charge in [-0.05, 0) is 43.1 Å². The lowest BCUT2D eigenvalue weighted by Gasteiger charge is -2.38. The minimum absolute atomic E-state index is 0.0340. The SMILES string of the molecule is C[C@@H]1CCCC[C@@H]1NC(=S)N1CCN(CC(=O)Nc2ccccc2Cl)CC1. The topological polar surface area (TPSA) is 47.6 Å². The number of carbonyl (C=O) groups is 1. The molecular weight excluding hydrogens is 380 g/mol. The summed E-state index contributed by atoms with van der Waals surface area (Å²) in [4.78, 5) is 16.7. The van der Waals surface area contributed by atoms with E-state index >= 15 is 0 Å². The van der Waals surface area contributed by atoms with Crippen molar-refractivity contribution in [2.45, 2.75) is 38.6 Å². The first-order chi connectivity index (χ1) is 13.0. The Labute approximate surface area is 172 Å². The van der Waals surface area contributed by atoms with Crippen molar-refractivity contribution in [2.75, 3.05) is 38.0 Å². The summed E-state index contributed by atoms with van der Waals surface area (Å²) in [6.45, 7) is 6.06. The summed E-state index contributed by atoms with van der Waals surface area (Å²) in [5, 5.41) is 7.89. The van der Waals surface area contributed by atoms with Crippen LogP contribution >= 0.6 is 23.8 Å². The van der Waals surface area contributed by atoms with E-state index in [0.29, 0.717) is 29.2 Å². The second-order valence-corrected chi connectivity index (χ2v) is 8.40. The number of para-hydroxylation sites is 1. The molecule has 148 valence electrons. The molecule has 0 aromatic heterocycles. The van der Waals surface area contributed by atoms with Crippen LogP contribution in [0.2, 0.25) is 5.02 Å². The number of piperazine rings is 1. The van der Waals surface area contributed by atoms with Crippen LogP contribution in [0.3, 0.4) is 0 Å². The molecule has 27 heavy (non-hydrogen) atoms. The van der Waals surface area contributed by atoms with Crippen molar-refractivity contribution in [3.63, 3.8) is 0 Å². The van der Waals surface area contributed by atoms with Gasteiger partial charge in [0.2, 0.25) is 5.91 Å². The van der Waals surface area contributed by atoms with Gasteiger partial charge in [0.1, 0.15) is 0 Å². The van der Waals surface area contributed by atoms with Gasteiger partial charge >= 0.3 is 0 Å². The number of hydrogen-bond donors (Lipinski definition) is 2. The molecule has 1 saturated heterocycles. The Hall–Kier alpha value is -1.37. The standard InChI is InChI=1S/C20H29ClN4OS/c1-15-6-2-4-8-17(15)23-20(27)25-12-10-24(11-13-25)14-19(26)22-18-9-5-3-7-16(18)21/h3,5,7,9,15,17H,2,4,6,8,10-14H2,1H3,(H,22,26)(H,23,27)/t15-,17+/m1/s1. The van der Waals surface area contributed by atoms with Crippen molar-refractivity contribution < 1.29 is 4.79 Å². The maximum atomic E-state index is 12.3. The third kappa shape index (κ3) is 5.80. The zero-order valence-corrected chi connectivity index (χ0v) is 17.5. The lowest BCUT2D eigenvalue weighted by molar-refractivity contribution is -0.117. The van der Waals surface area contributed by atoms with Gasteiger partial charge in [0.05, 0.1) is 17.3 Å². The Morgan fingerprint density at radius 3 is 2.59 bits per heavy atom. The average Bonchev–Trinajstić information content (AvgIpc) is 2.66. The molecule has 1 saturated carbocycles. The number of benzene rings is 1. The van der Waals surface area contributed by atoms with Crippen LogP contribution in [0.25, 0.3) is 0 Å². The Morgan fingerprint density at radius 1 is 1.19 bits per heavy atom. The predicted molar refractivity (Wildman–Crippen MR) is 115 cm³/mol. The lowest BCUT2D eigenvalue weighted by Crippen LogP contribution is -2.55. The highest BCUT2D eigenvalue weighted by atomic mass is 35.5. The quantitative estimate of drug-likeness (QED) is 0.748. The molecule has 5 nitrogen and oxygen atoms in total. The maximum absolute atomic E-state index is 12.3. The van der Waals surface area contributed by atoms with Crippen LogP contribution in [-0.2, 0) is 4.79 Å². The number of hydrogen-bond acceptors (Lipinski definition) is 3. The third-order valence-electron chi connectivity index (χ3n) is 5.60. The predicted octanol–water partition coefficient (Wildman–Crippen LogP) is 3.35. The summed E-state index contributed by atoms with van der Waals surface area (Å²) in [6.07, 6.45) is 5.12. The molecule has 0 radical (unpaired) electrons. The lowest BCUT2D eigenvalue weighted by atomic mass is 9.86. The van der Waals surface area contributed by atoms with Crippen LogP contribution in [0.15, 0.2) is 24.3 Å². The van der Waals surface area contributed by atoms with Crippen molar-refractivity contribution >= 4 is 40.5 Å². The van der Waals surface area contributed by atoms with E-state index in [-0.39, 0.29) is 5.91 Å². The van der Waals surface area contributed by atoms with Gasteiger partial charge in [0.25, 0.3) is 0 Å². The van der Waals surface area contributed by atoms with Gasteiger partial charge in [-0.15, -0.1) is 0 Å². The normalized spacial score (nSPS) is 23.7. The van der Waals surface area contributed by atoms with E-state index in [4.69, 9.17) is 23.8 Å². The van der Waals surface area contributed by atoms with Gasteiger partial charge in [-0.3, -0.25) is 9.69 Å². The summed E-state index contributed by atoms with van der Waals surface area (Å²) in [7, 11) is 0. The minimum Gasteiger partial charge on any atom is -0.360 e. The molecular formula is C20H29ClN4OS. The van der Waals surface area contributed by atoms with Gasteiger partial charge in [-0.25, -0.2) is 0 Å². The van der Waals surface area contributed by atoms with Gasteiger partial charge in [0, 0.05) is 32.2 Å². The van der Waals surface area contributed by atoms with Crippen molar-refractivity contribution in [3.8, 4) is 0 Å². The van der Waals surface area contributed by atoms with Crippen molar-refractivity contribution in [1.82, 2.24) is 15.1 Å². The fourth-order valence-corrected chi connectivity index (χ4v) is 4.36. The fraction of sp³-hybridized carbons (Fsp3) is 0.600. The fourth-order valence-electron chi connectivity index (χ4n) is 3.85. The van der Waals surface area contributed by atoms with E-state index in [1.165, 1.54) is 25.7 Å². The smallest absolute Gasteiger partial charge is 0.238 e. The molecule has 1 heterocycles. The number of nitrogens with one attached hydrogen (secondary N) is 2. The van der Waals surface area contributed by atoms with Crippen LogP contribution in [0.4, 0.5) is 5.69 Å². The zero-order valence-electron chi connectivity index (χ0n) is 15.9. The van der Waals surface area contributed by atoms with Crippen LogP contribution in [0.5, 0.6) is 0 Å². The number of amides is 1. The molecule has 1 aromatic rings. The Kier molecular flexibility index (Phi) is 7.33. The zero-order chi connectivity index (χ0) is 19.2. The van der Waals surface area contributed by atoms with E-state index in [1.54, 1.807) is 6.07 Å². The van der Waals surface area contributed by atoms with Gasteiger partial charge in [-0.1, -0.05) is 43.5 Å². The second kappa shape index (κ2) is 9.71. The Morgan fingerprint density at radius 2 is 1.89 bits per heavy atom. The number of nitrogens with zero attached hydrogens (tertiary/aromatic N) is 2. The monoisotopic (exact) mass is 408 g/mol. The van der Waals surface area contributed by atoms with E-state index < -0.39 is 0 Å². The average molecular weight is 409 g/mol. The molecule has 2 N–H and O–H groups in total. The first-order valence-electron chi connectivity index (χ1n) is 9.85. The molecule has 2 atom stereocenters. The third-order valence-corrected chi connectivity index (χ3v) is 6.30. The first kappa shape index (κ1) is 20.4. The van der Waals surface area contributed by atoms with Crippen molar-refractivity contribution in [2.24, 2.45) is 5.92 Å². The van der Waals surface area contributed by atoms with Crippen LogP contribution in [0, 0.1) is 5.92 Å². The molecule has 2 fully saturated rings. The largest absolute Gasteiger partial charge is 0.360 e. The highest BCUT2D eigenvalue weighted by Crippen LogP contribution is 2.24. The summed E-state index contributed by atoms with van der Waals surface area (Å²) in [5.41, 5.74) is 0.662. The maximum Gasteiger partial charge on any atom is 0.238 e. The number of thiocarbonyl (C=S) groups is 1. The van der Waals surface area contributed by atoms with Crippen molar-refractivity contribution in [3.05, 3.63) is 29.3 Å². The van der Waals surface area contributed by atoms with Crippen LogP contribution in [0.1, 0.15) is 32.6 Å². The van der Waals surface area contributed by atoms with Crippen LogP contribution < -0.4 is 10.6 Å². The Bertz CT molecular complexity index is 663. The number of halogens is 1. The number of rotatable bonds is 4. The molecule has 1 amide bonds. The van der Waals surface area contributed by atoms with Crippen molar-refractivity contribution in [1.29, 1.82) is 0 Å². The van der Waals surface area contributed by atoms with Gasteiger partial charge in [-0.2, -0.15) is 0 Å². The summed E-state index contributed by atoms with van der Waals surface area (Å²) in [6, 6.07) is 7.81. The minimum atomic E-state index is -0.0340. The molecule has 2 aliphatic rings. The van der Waals surface area contributed by atoms with E-state index in [9.17, 15) is 4.79 Å². The van der Waals surface area contributed by atoms with E-state index in [0.717, 1.165) is 31.3 Å². The van der Waals surface area contributed by atoms with Gasteiger partial charge < -0.3 is 15.5 Å². The molecule has 1 aliphatic carbocycles. The van der Waals surface area contributed by atoms with Crippen LogP contribution in [-0.4, -0.2) is 59.6 Å². The molecule has 0 unspecified atom stereocenters. The second-order valence-electron chi connectivity index (χ2n) is 7.61. The van der Waals surface area contributed by atoms with E-state index in [2.05, 4.69) is 27.4 Å². The molecule has 1 aromatic carbocycles. The van der Waals surface area contributed by atoms with Gasteiger partial charge in [0.15, 0.2) is 5.11 Å². The number of anilines is 1. The highest BCUT2D eigenvalue weighted by Gasteiger charge is 2.25. The number of carbonyl (C=O) groups excluding carboxylic acids is 1. The summed E-state index contributed by atoms with van der Waals surface area (Å²) < 4.78 is 0. The first-order valence-corrected chi connectivity index (χ1v) is 10.6. The van der Waals surface area contributed by atoms with E-state index in [1.807, 2.05) is 18.2 Å².